The third-order valence-electron chi connectivity index (χ3n) is 5.72. The maximum atomic E-state index is 13.1. The van der Waals surface area contributed by atoms with Crippen molar-refractivity contribution in [2.24, 2.45) is 12.8 Å². The number of hydrogen-bond acceptors (Lipinski definition) is 5. The molecule has 2 N–H and O–H groups in total. The van der Waals surface area contributed by atoms with E-state index in [2.05, 4.69) is 5.10 Å². The number of nitrogens with two attached hydrogens (primary N) is 1. The van der Waals surface area contributed by atoms with Crippen LogP contribution in [-0.4, -0.2) is 44.1 Å². The Bertz CT molecular complexity index is 1260. The number of fused-ring (bicyclic) bond motifs is 2. The molecule has 1 aliphatic heterocycles. The van der Waals surface area contributed by atoms with Crippen molar-refractivity contribution >= 4 is 28.7 Å². The summed E-state index contributed by atoms with van der Waals surface area (Å²) in [6.45, 7) is 5.58. The van der Waals surface area contributed by atoms with Crippen LogP contribution in [-0.2, 0) is 27.9 Å². The first kappa shape index (κ1) is 22.5. The molecule has 0 spiro atoms. The predicted octanol–water partition coefficient (Wildman–Crippen LogP) is 3.17. The molecule has 1 aromatic heterocycles. The normalized spacial score (nSPS) is 14.4. The van der Waals surface area contributed by atoms with Gasteiger partial charge in [-0.3, -0.25) is 19.1 Å². The van der Waals surface area contributed by atoms with E-state index >= 15 is 0 Å². The van der Waals surface area contributed by atoms with E-state index < -0.39 is 23.5 Å². The number of carbonyl (C=O) groups is 3. The number of primary amides is 1. The summed E-state index contributed by atoms with van der Waals surface area (Å²) < 4.78 is 7.15. The minimum Gasteiger partial charge on any atom is -0.460 e. The molecule has 2 aromatic carbocycles. The highest BCUT2D eigenvalue weighted by Crippen LogP contribution is 2.33. The van der Waals surface area contributed by atoms with Gasteiger partial charge in [-0.2, -0.15) is 5.10 Å². The van der Waals surface area contributed by atoms with Crippen molar-refractivity contribution in [2.75, 3.05) is 0 Å². The number of rotatable bonds is 6. The molecule has 0 bridgehead atoms. The molecule has 3 aromatic rings. The second-order valence-electron chi connectivity index (χ2n) is 9.34. The Morgan fingerprint density at radius 1 is 1.18 bits per heavy atom. The molecule has 0 aliphatic carbocycles. The second-order valence-corrected chi connectivity index (χ2v) is 9.34. The van der Waals surface area contributed by atoms with Gasteiger partial charge in [-0.05, 0) is 51.0 Å². The van der Waals surface area contributed by atoms with E-state index in [1.54, 1.807) is 26.8 Å². The van der Waals surface area contributed by atoms with Gasteiger partial charge in [-0.25, -0.2) is 0 Å². The Morgan fingerprint density at radius 3 is 2.61 bits per heavy atom. The fourth-order valence-electron chi connectivity index (χ4n) is 4.27. The van der Waals surface area contributed by atoms with Gasteiger partial charge in [0.25, 0.3) is 5.91 Å². The lowest BCUT2D eigenvalue weighted by Gasteiger charge is -2.25. The maximum absolute atomic E-state index is 13.1. The van der Waals surface area contributed by atoms with Gasteiger partial charge in [0, 0.05) is 36.5 Å². The van der Waals surface area contributed by atoms with Gasteiger partial charge in [0.15, 0.2) is 0 Å². The van der Waals surface area contributed by atoms with Crippen molar-refractivity contribution in [1.29, 1.82) is 0 Å². The minimum absolute atomic E-state index is 0.00379. The summed E-state index contributed by atoms with van der Waals surface area (Å²) >= 11 is 0. The zero-order valence-corrected chi connectivity index (χ0v) is 19.3. The molecule has 0 fully saturated rings. The average molecular weight is 449 g/mol. The van der Waals surface area contributed by atoms with Crippen molar-refractivity contribution in [3.63, 3.8) is 0 Å². The summed E-state index contributed by atoms with van der Waals surface area (Å²) in [6.07, 6.45) is 0.109. The van der Waals surface area contributed by atoms with Crippen LogP contribution in [0.15, 0.2) is 42.5 Å². The van der Waals surface area contributed by atoms with Crippen LogP contribution in [0.5, 0.6) is 0 Å². The van der Waals surface area contributed by atoms with Gasteiger partial charge >= 0.3 is 5.97 Å². The zero-order valence-electron chi connectivity index (χ0n) is 19.3. The molecule has 0 saturated carbocycles. The van der Waals surface area contributed by atoms with Crippen molar-refractivity contribution in [1.82, 2.24) is 14.7 Å². The summed E-state index contributed by atoms with van der Waals surface area (Å²) in [4.78, 5) is 38.8. The van der Waals surface area contributed by atoms with E-state index in [4.69, 9.17) is 10.5 Å². The van der Waals surface area contributed by atoms with Crippen LogP contribution in [0, 0.1) is 0 Å². The number of carbonyl (C=O) groups excluding carboxylic acids is 3. The van der Waals surface area contributed by atoms with Gasteiger partial charge in [0.05, 0.1) is 5.52 Å². The highest BCUT2D eigenvalue weighted by atomic mass is 16.6. The van der Waals surface area contributed by atoms with Crippen LogP contribution < -0.4 is 5.73 Å². The number of aromatic nitrogens is 2. The topological polar surface area (TPSA) is 108 Å². The molecule has 2 amide bonds. The average Bonchev–Trinajstić information content (AvgIpc) is 3.24. The smallest absolute Gasteiger partial charge is 0.306 e. The van der Waals surface area contributed by atoms with Gasteiger partial charge < -0.3 is 15.4 Å². The van der Waals surface area contributed by atoms with Crippen molar-refractivity contribution < 1.29 is 19.1 Å². The largest absolute Gasteiger partial charge is 0.460 e. The van der Waals surface area contributed by atoms with Crippen LogP contribution in [0.25, 0.3) is 22.2 Å². The van der Waals surface area contributed by atoms with E-state index in [-0.39, 0.29) is 25.3 Å². The van der Waals surface area contributed by atoms with Crippen LogP contribution >= 0.6 is 0 Å². The molecule has 1 unspecified atom stereocenters. The second kappa shape index (κ2) is 8.35. The van der Waals surface area contributed by atoms with E-state index in [0.717, 1.165) is 27.7 Å². The fourth-order valence-corrected chi connectivity index (χ4v) is 4.27. The lowest BCUT2D eigenvalue weighted by molar-refractivity contribution is -0.155. The molecule has 1 atom stereocenters. The summed E-state index contributed by atoms with van der Waals surface area (Å²) in [6, 6.07) is 12.6. The third kappa shape index (κ3) is 4.46. The van der Waals surface area contributed by atoms with Gasteiger partial charge in [0.2, 0.25) is 5.91 Å². The number of amides is 2. The SMILES string of the molecule is Cn1nc(-c2ccc3c(c2)CN(C(CCC(=O)OC(C)(C)C)C(N)=O)C3=O)c2ccccc21. The summed E-state index contributed by atoms with van der Waals surface area (Å²) in [5.74, 6) is -1.34. The third-order valence-corrected chi connectivity index (χ3v) is 5.72. The van der Waals surface area contributed by atoms with Crippen molar-refractivity contribution in [2.45, 2.75) is 51.8 Å². The van der Waals surface area contributed by atoms with Crippen LogP contribution in [0.1, 0.15) is 49.5 Å². The molecule has 8 nitrogen and oxygen atoms in total. The molecule has 8 heteroatoms. The Hall–Kier alpha value is -3.68. The molecule has 2 heterocycles. The lowest BCUT2D eigenvalue weighted by Crippen LogP contribution is -2.45. The fraction of sp³-hybridized carbons (Fsp3) is 0.360. The number of aryl methyl sites for hydroxylation is 1. The monoisotopic (exact) mass is 448 g/mol. The van der Waals surface area contributed by atoms with Gasteiger partial charge in [-0.1, -0.05) is 24.3 Å². The highest BCUT2D eigenvalue weighted by Gasteiger charge is 2.36. The lowest BCUT2D eigenvalue weighted by atomic mass is 10.0. The number of para-hydroxylation sites is 1. The number of nitrogens with zero attached hydrogens (tertiary/aromatic N) is 3. The summed E-state index contributed by atoms with van der Waals surface area (Å²) in [7, 11) is 1.90. The van der Waals surface area contributed by atoms with E-state index in [1.165, 1.54) is 4.90 Å². The maximum Gasteiger partial charge on any atom is 0.306 e. The van der Waals surface area contributed by atoms with Crippen LogP contribution in [0.3, 0.4) is 0 Å². The quantitative estimate of drug-likeness (QED) is 0.583. The van der Waals surface area contributed by atoms with Crippen LogP contribution in [0.2, 0.25) is 0 Å². The molecule has 0 radical (unpaired) electrons. The molecule has 0 saturated heterocycles. The van der Waals surface area contributed by atoms with E-state index in [9.17, 15) is 14.4 Å². The standard InChI is InChI=1S/C25H28N4O4/c1-25(2,3)33-21(30)12-11-20(23(26)31)29-14-16-13-15(9-10-17(16)24(29)32)22-18-7-5-6-8-19(18)28(4)27-22/h5-10,13,20H,11-12,14H2,1-4H3,(H2,26,31). The number of esters is 1. The molecule has 4 rings (SSSR count). The highest BCUT2D eigenvalue weighted by molar-refractivity contribution is 6.02. The molecule has 1 aliphatic rings. The van der Waals surface area contributed by atoms with Gasteiger partial charge in [-0.15, -0.1) is 0 Å². The van der Waals surface area contributed by atoms with Crippen LogP contribution in [0.4, 0.5) is 0 Å². The first-order valence-corrected chi connectivity index (χ1v) is 10.9. The van der Waals surface area contributed by atoms with E-state index in [0.29, 0.717) is 5.56 Å². The molecule has 33 heavy (non-hydrogen) atoms. The zero-order chi connectivity index (χ0) is 23.9. The first-order chi connectivity index (χ1) is 15.5. The minimum atomic E-state index is -0.892. The Morgan fingerprint density at radius 2 is 1.91 bits per heavy atom. The Balaban J connectivity index is 1.57. The Labute approximate surface area is 192 Å². The summed E-state index contributed by atoms with van der Waals surface area (Å²) in [5.41, 5.74) is 9.07. The number of hydrogen-bond donors (Lipinski definition) is 1. The number of ether oxygens (including phenoxy) is 1. The summed E-state index contributed by atoms with van der Waals surface area (Å²) in [5, 5.41) is 5.68. The van der Waals surface area contributed by atoms with E-state index in [1.807, 2.05) is 48.1 Å². The van der Waals surface area contributed by atoms with Crippen molar-refractivity contribution in [3.05, 3.63) is 53.6 Å². The number of benzene rings is 2. The first-order valence-electron chi connectivity index (χ1n) is 10.9. The molecule has 172 valence electrons. The van der Waals surface area contributed by atoms with Crippen molar-refractivity contribution in [3.8, 4) is 11.3 Å². The molecular formula is C25H28N4O4. The predicted molar refractivity (Wildman–Crippen MR) is 124 cm³/mol. The molecular weight excluding hydrogens is 420 g/mol. The Kier molecular flexibility index (Phi) is 5.69. The van der Waals surface area contributed by atoms with Gasteiger partial charge in [0.1, 0.15) is 17.3 Å².